The van der Waals surface area contributed by atoms with Crippen LogP contribution in [0.4, 0.5) is 5.69 Å². The lowest BCUT2D eigenvalue weighted by molar-refractivity contribution is -0.143. The molecular weight excluding hydrogens is 560 g/mol. The number of tetrazole rings is 1. The molecule has 11 nitrogen and oxygen atoms in total. The molecule has 224 valence electrons. The minimum atomic E-state index is -1.04. The van der Waals surface area contributed by atoms with E-state index >= 15 is 0 Å². The van der Waals surface area contributed by atoms with Gasteiger partial charge in [-0.25, -0.2) is 5.10 Å². The number of rotatable bonds is 7. The molecule has 0 spiro atoms. The molecule has 0 bridgehead atoms. The molecule has 12 heteroatoms. The zero-order chi connectivity index (χ0) is 30.0. The standard InChI is InChI=1S/C30H37ClN6O5/c1-30(2,3)17-37-22-10-9-19(31)15-21(22)26(20-7-6-8-23(40-4)27(20)41-5)42-24(29(37)39)16-25(38)36-13-11-18(12-14-36)28-32-34-35-33-28/h6-10,15,18,24,26H,11-14,16-17H2,1-5H3,(H,32,33,34,35)/t24-,26-/m1/s1. The molecule has 3 aromatic rings. The van der Waals surface area contributed by atoms with Crippen molar-refractivity contribution in [2.24, 2.45) is 5.41 Å². The van der Waals surface area contributed by atoms with E-state index in [1.165, 1.54) is 0 Å². The Morgan fingerprint density at radius 3 is 2.52 bits per heavy atom. The number of halogens is 1. The molecule has 42 heavy (non-hydrogen) atoms. The van der Waals surface area contributed by atoms with Crippen molar-refractivity contribution >= 4 is 29.1 Å². The second-order valence-corrected chi connectivity index (χ2v) is 12.4. The van der Waals surface area contributed by atoms with Gasteiger partial charge in [-0.05, 0) is 52.9 Å². The van der Waals surface area contributed by atoms with Crippen LogP contribution < -0.4 is 14.4 Å². The Morgan fingerprint density at radius 2 is 1.88 bits per heavy atom. The van der Waals surface area contributed by atoms with Gasteiger partial charge in [0.05, 0.1) is 20.6 Å². The van der Waals surface area contributed by atoms with Crippen molar-refractivity contribution in [1.29, 1.82) is 0 Å². The fourth-order valence-corrected chi connectivity index (χ4v) is 5.91. The van der Waals surface area contributed by atoms with Crippen molar-refractivity contribution in [2.75, 3.05) is 38.8 Å². The maximum Gasteiger partial charge on any atom is 0.256 e. The number of aromatic amines is 1. The first-order valence-corrected chi connectivity index (χ1v) is 14.5. The first-order chi connectivity index (χ1) is 20.1. The number of fused-ring (bicyclic) bond motifs is 1. The lowest BCUT2D eigenvalue weighted by Gasteiger charge is -2.33. The third-order valence-electron chi connectivity index (χ3n) is 7.71. The number of aromatic nitrogens is 4. The molecule has 3 heterocycles. The number of methoxy groups -OCH3 is 2. The van der Waals surface area contributed by atoms with Crippen molar-refractivity contribution in [3.8, 4) is 11.5 Å². The number of hydrogen-bond acceptors (Lipinski definition) is 8. The summed E-state index contributed by atoms with van der Waals surface area (Å²) in [4.78, 5) is 31.5. The van der Waals surface area contributed by atoms with E-state index in [1.807, 2.05) is 24.3 Å². The summed E-state index contributed by atoms with van der Waals surface area (Å²) in [7, 11) is 3.13. The smallest absolute Gasteiger partial charge is 0.256 e. The largest absolute Gasteiger partial charge is 0.493 e. The Bertz CT molecular complexity index is 1420. The van der Waals surface area contributed by atoms with Crippen LogP contribution in [-0.2, 0) is 14.3 Å². The Labute approximate surface area is 250 Å². The Balaban J connectivity index is 1.50. The maximum absolute atomic E-state index is 14.3. The van der Waals surface area contributed by atoms with Crippen molar-refractivity contribution in [3.05, 3.63) is 58.4 Å². The molecule has 2 amide bonds. The Kier molecular flexibility index (Phi) is 8.70. The lowest BCUT2D eigenvalue weighted by atomic mass is 9.94. The van der Waals surface area contributed by atoms with Gasteiger partial charge in [-0.15, -0.1) is 5.10 Å². The summed E-state index contributed by atoms with van der Waals surface area (Å²) in [5.41, 5.74) is 1.84. The van der Waals surface area contributed by atoms with Gasteiger partial charge in [0, 0.05) is 47.4 Å². The summed E-state index contributed by atoms with van der Waals surface area (Å²) in [6.45, 7) is 7.71. The van der Waals surface area contributed by atoms with Gasteiger partial charge in [-0.1, -0.05) is 44.5 Å². The number of carbonyl (C=O) groups excluding carboxylic acids is 2. The van der Waals surface area contributed by atoms with Crippen LogP contribution in [0.25, 0.3) is 0 Å². The predicted molar refractivity (Wildman–Crippen MR) is 157 cm³/mol. The first kappa shape index (κ1) is 29.8. The number of H-pyrrole nitrogens is 1. The van der Waals surface area contributed by atoms with Gasteiger partial charge in [0.15, 0.2) is 17.3 Å². The van der Waals surface area contributed by atoms with E-state index < -0.39 is 12.2 Å². The van der Waals surface area contributed by atoms with Gasteiger partial charge in [0.2, 0.25) is 5.91 Å². The van der Waals surface area contributed by atoms with Crippen LogP contribution in [0, 0.1) is 5.41 Å². The number of nitrogens with zero attached hydrogens (tertiary/aromatic N) is 5. The number of anilines is 1. The predicted octanol–water partition coefficient (Wildman–Crippen LogP) is 4.53. The Hall–Kier alpha value is -3.70. The molecule has 0 aliphatic carbocycles. The highest BCUT2D eigenvalue weighted by atomic mass is 35.5. The number of para-hydroxylation sites is 1. The molecule has 2 atom stereocenters. The summed E-state index contributed by atoms with van der Waals surface area (Å²) >= 11 is 6.51. The molecule has 1 N–H and O–H groups in total. The highest BCUT2D eigenvalue weighted by Crippen LogP contribution is 2.45. The summed E-state index contributed by atoms with van der Waals surface area (Å²) < 4.78 is 18.0. The molecule has 0 saturated carbocycles. The van der Waals surface area contributed by atoms with E-state index in [0.717, 1.165) is 18.7 Å². The molecule has 0 radical (unpaired) electrons. The number of carbonyl (C=O) groups is 2. The number of nitrogens with one attached hydrogen (secondary N) is 1. The number of hydrogen-bond donors (Lipinski definition) is 1. The molecule has 1 saturated heterocycles. The second kappa shape index (κ2) is 12.3. The average molecular weight is 597 g/mol. The van der Waals surface area contributed by atoms with E-state index in [2.05, 4.69) is 41.4 Å². The molecule has 2 aliphatic rings. The molecule has 2 aliphatic heterocycles. The van der Waals surface area contributed by atoms with Crippen molar-refractivity contribution in [2.45, 2.75) is 58.2 Å². The topological polar surface area (TPSA) is 123 Å². The number of ether oxygens (including phenoxy) is 3. The summed E-state index contributed by atoms with van der Waals surface area (Å²) in [5.74, 6) is 1.50. The minimum Gasteiger partial charge on any atom is -0.493 e. The van der Waals surface area contributed by atoms with Gasteiger partial charge >= 0.3 is 0 Å². The van der Waals surface area contributed by atoms with Crippen molar-refractivity contribution in [3.63, 3.8) is 0 Å². The van der Waals surface area contributed by atoms with Gasteiger partial charge in [-0.2, -0.15) is 0 Å². The number of amides is 2. The highest BCUT2D eigenvalue weighted by molar-refractivity contribution is 6.30. The third-order valence-corrected chi connectivity index (χ3v) is 7.94. The summed E-state index contributed by atoms with van der Waals surface area (Å²) in [6.07, 6.45) is -0.431. The summed E-state index contributed by atoms with van der Waals surface area (Å²) in [6, 6.07) is 11.0. The van der Waals surface area contributed by atoms with Crippen molar-refractivity contribution < 1.29 is 23.8 Å². The van der Waals surface area contributed by atoms with Crippen LogP contribution in [0.15, 0.2) is 36.4 Å². The van der Waals surface area contributed by atoms with E-state index in [4.69, 9.17) is 25.8 Å². The van der Waals surface area contributed by atoms with Crippen molar-refractivity contribution in [1.82, 2.24) is 25.5 Å². The van der Waals surface area contributed by atoms with Gasteiger partial charge in [0.25, 0.3) is 5.91 Å². The van der Waals surface area contributed by atoms with Gasteiger partial charge in [-0.3, -0.25) is 9.59 Å². The number of benzene rings is 2. The minimum absolute atomic E-state index is 0.0987. The van der Waals surface area contributed by atoms with E-state index in [-0.39, 0.29) is 29.6 Å². The highest BCUT2D eigenvalue weighted by Gasteiger charge is 2.41. The maximum atomic E-state index is 14.3. The first-order valence-electron chi connectivity index (χ1n) is 14.1. The van der Waals surface area contributed by atoms with E-state index in [9.17, 15) is 9.59 Å². The normalized spacial score (nSPS) is 19.8. The fraction of sp³-hybridized carbons (Fsp3) is 0.500. The molecule has 1 fully saturated rings. The van der Waals surface area contributed by atoms with Crippen LogP contribution in [0.5, 0.6) is 11.5 Å². The average Bonchev–Trinajstić information content (AvgIpc) is 3.49. The molecule has 2 aromatic carbocycles. The fourth-order valence-electron chi connectivity index (χ4n) is 5.73. The molecule has 5 rings (SSSR count). The van der Waals surface area contributed by atoms with Crippen LogP contribution in [0.1, 0.15) is 69.0 Å². The van der Waals surface area contributed by atoms with Crippen LogP contribution in [0.3, 0.4) is 0 Å². The van der Waals surface area contributed by atoms with Gasteiger partial charge < -0.3 is 24.0 Å². The number of likely N-dealkylation sites (tertiary alicyclic amines) is 1. The SMILES string of the molecule is COc1cccc([C@H]2O[C@H](CC(=O)N3CCC(c4nnn[nH]4)CC3)C(=O)N(CC(C)(C)C)c3ccc(Cl)cc32)c1OC. The molecule has 0 unspecified atom stereocenters. The van der Waals surface area contributed by atoms with E-state index in [1.54, 1.807) is 36.2 Å². The van der Waals surface area contributed by atoms with Crippen LogP contribution in [0.2, 0.25) is 5.02 Å². The van der Waals surface area contributed by atoms with Gasteiger partial charge in [0.1, 0.15) is 12.2 Å². The third kappa shape index (κ3) is 6.22. The lowest BCUT2D eigenvalue weighted by Crippen LogP contribution is -2.46. The molecular formula is C30H37ClN6O5. The zero-order valence-corrected chi connectivity index (χ0v) is 25.3. The monoisotopic (exact) mass is 596 g/mol. The van der Waals surface area contributed by atoms with E-state index in [0.29, 0.717) is 53.0 Å². The number of piperidine rings is 1. The quantitative estimate of drug-likeness (QED) is 0.422. The second-order valence-electron chi connectivity index (χ2n) is 11.9. The van der Waals surface area contributed by atoms with Crippen LogP contribution in [-0.4, -0.2) is 77.3 Å². The Morgan fingerprint density at radius 1 is 1.12 bits per heavy atom. The molecule has 1 aromatic heterocycles. The summed E-state index contributed by atoms with van der Waals surface area (Å²) in [5, 5.41) is 14.7. The van der Waals surface area contributed by atoms with Crippen LogP contribution >= 0.6 is 11.6 Å². The zero-order valence-electron chi connectivity index (χ0n) is 24.6.